The van der Waals surface area contributed by atoms with Gasteiger partial charge < -0.3 is 8.98 Å². The van der Waals surface area contributed by atoms with E-state index >= 15 is 0 Å². The van der Waals surface area contributed by atoms with E-state index in [0.29, 0.717) is 17.5 Å². The molecule has 0 saturated heterocycles. The van der Waals surface area contributed by atoms with Crippen molar-refractivity contribution >= 4 is 75.3 Å². The van der Waals surface area contributed by atoms with Crippen LogP contribution in [-0.2, 0) is 0 Å². The van der Waals surface area contributed by atoms with Crippen LogP contribution in [0.15, 0.2) is 211 Å². The Labute approximate surface area is 365 Å². The SMILES string of the molecule is c1ccc(-c2ccc3c(c2)c2ccccc2n3-c2ccc3oc4cc(-c5nc(-c6ccccc6)nc(-c6ccc7c(c6)sc6cccc(-c8ccccc8)c67)n5)ccc4c3c2)cc1. The molecular formula is C57H34N4OS. The van der Waals surface area contributed by atoms with Gasteiger partial charge in [0.2, 0.25) is 0 Å². The molecule has 0 atom stereocenters. The summed E-state index contributed by atoms with van der Waals surface area (Å²) in [5.41, 5.74) is 12.6. The average molecular weight is 823 g/mol. The molecule has 0 aliphatic rings. The molecule has 13 rings (SSSR count). The van der Waals surface area contributed by atoms with Crippen molar-refractivity contribution in [2.45, 2.75) is 0 Å². The standard InChI is InChI=1S/C57H34N4OS/c1-4-13-35(14-5-1)38-25-29-49-46(31-38)43-19-10-11-21-48(43)61(49)41-26-30-50-47(34-41)44-27-23-39(32-51(44)62-50)56-58-55(37-17-8-3-9-18-37)59-57(60-56)40-24-28-45-53(33-40)63-52-22-12-20-42(54(45)52)36-15-6-2-7-16-36/h1-34H. The number of rotatable bonds is 6. The predicted molar refractivity (Wildman–Crippen MR) is 262 cm³/mol. The summed E-state index contributed by atoms with van der Waals surface area (Å²) in [6, 6.07) is 72.7. The second kappa shape index (κ2) is 14.2. The van der Waals surface area contributed by atoms with E-state index in [1.54, 1.807) is 11.3 Å². The summed E-state index contributed by atoms with van der Waals surface area (Å²) in [6.45, 7) is 0. The molecule has 5 nitrogen and oxygen atoms in total. The van der Waals surface area contributed by atoms with Crippen LogP contribution < -0.4 is 0 Å². The summed E-state index contributed by atoms with van der Waals surface area (Å²) < 4.78 is 11.4. The van der Waals surface area contributed by atoms with Crippen LogP contribution in [0.1, 0.15) is 0 Å². The number of nitrogens with zero attached hydrogens (tertiary/aromatic N) is 4. The minimum atomic E-state index is 0.588. The zero-order valence-electron chi connectivity index (χ0n) is 33.7. The first kappa shape index (κ1) is 35.6. The van der Waals surface area contributed by atoms with Crippen LogP contribution in [0.5, 0.6) is 0 Å². The van der Waals surface area contributed by atoms with Crippen LogP contribution in [0.2, 0.25) is 0 Å². The smallest absolute Gasteiger partial charge is 0.164 e. The maximum Gasteiger partial charge on any atom is 0.164 e. The molecule has 0 aliphatic carbocycles. The summed E-state index contributed by atoms with van der Waals surface area (Å²) in [6.07, 6.45) is 0. The van der Waals surface area contributed by atoms with E-state index in [-0.39, 0.29) is 0 Å². The van der Waals surface area contributed by atoms with E-state index in [9.17, 15) is 0 Å². The lowest BCUT2D eigenvalue weighted by atomic mass is 9.99. The Kier molecular flexibility index (Phi) is 8.01. The molecule has 63 heavy (non-hydrogen) atoms. The molecular weight excluding hydrogens is 789 g/mol. The Hall–Kier alpha value is -8.19. The van der Waals surface area contributed by atoms with Gasteiger partial charge in [0.05, 0.1) is 11.0 Å². The first-order valence-electron chi connectivity index (χ1n) is 21.1. The highest BCUT2D eigenvalue weighted by molar-refractivity contribution is 7.26. The third-order valence-corrected chi connectivity index (χ3v) is 13.4. The minimum Gasteiger partial charge on any atom is -0.456 e. The molecule has 4 heterocycles. The molecule has 0 unspecified atom stereocenters. The molecule has 0 N–H and O–H groups in total. The summed E-state index contributed by atoms with van der Waals surface area (Å²) in [4.78, 5) is 15.3. The lowest BCUT2D eigenvalue weighted by Gasteiger charge is -2.09. The van der Waals surface area contributed by atoms with Crippen molar-refractivity contribution in [2.24, 2.45) is 0 Å². The number of furan rings is 1. The van der Waals surface area contributed by atoms with Crippen LogP contribution in [0.3, 0.4) is 0 Å². The van der Waals surface area contributed by atoms with Crippen LogP contribution in [-0.4, -0.2) is 19.5 Å². The van der Waals surface area contributed by atoms with Gasteiger partial charge in [0.15, 0.2) is 17.5 Å². The summed E-state index contributed by atoms with van der Waals surface area (Å²) in [5.74, 6) is 1.83. The largest absolute Gasteiger partial charge is 0.456 e. The molecule has 0 bridgehead atoms. The van der Waals surface area contributed by atoms with Gasteiger partial charge in [-0.05, 0) is 82.9 Å². The molecule has 6 heteroatoms. The van der Waals surface area contributed by atoms with E-state index in [1.807, 2.05) is 30.3 Å². The van der Waals surface area contributed by atoms with Gasteiger partial charge in [-0.15, -0.1) is 11.3 Å². The van der Waals surface area contributed by atoms with Crippen molar-refractivity contribution in [3.63, 3.8) is 0 Å². The molecule has 13 aromatic rings. The van der Waals surface area contributed by atoms with Gasteiger partial charge in [-0.25, -0.2) is 15.0 Å². The average Bonchev–Trinajstić information content (AvgIpc) is 4.03. The summed E-state index contributed by atoms with van der Waals surface area (Å²) in [5, 5.41) is 7.03. The van der Waals surface area contributed by atoms with E-state index in [2.05, 4.69) is 180 Å². The maximum atomic E-state index is 6.60. The molecule has 0 fully saturated rings. The maximum absolute atomic E-state index is 6.60. The van der Waals surface area contributed by atoms with Crippen molar-refractivity contribution < 1.29 is 4.42 Å². The van der Waals surface area contributed by atoms with Crippen molar-refractivity contribution in [1.29, 1.82) is 0 Å². The topological polar surface area (TPSA) is 56.7 Å². The van der Waals surface area contributed by atoms with E-state index < -0.39 is 0 Å². The molecule has 294 valence electrons. The second-order valence-electron chi connectivity index (χ2n) is 16.0. The van der Waals surface area contributed by atoms with Crippen LogP contribution in [0.25, 0.3) is 126 Å². The number of hydrogen-bond donors (Lipinski definition) is 0. The molecule has 9 aromatic carbocycles. The number of fused-ring (bicyclic) bond motifs is 9. The van der Waals surface area contributed by atoms with Gasteiger partial charge in [0, 0.05) is 64.1 Å². The Morgan fingerprint density at radius 2 is 0.984 bits per heavy atom. The van der Waals surface area contributed by atoms with Gasteiger partial charge in [0.25, 0.3) is 0 Å². The molecule has 0 radical (unpaired) electrons. The fourth-order valence-corrected chi connectivity index (χ4v) is 10.4. The lowest BCUT2D eigenvalue weighted by Crippen LogP contribution is -2.00. The first-order valence-corrected chi connectivity index (χ1v) is 21.9. The van der Waals surface area contributed by atoms with Crippen molar-refractivity contribution in [3.05, 3.63) is 206 Å². The molecule has 0 spiro atoms. The van der Waals surface area contributed by atoms with Crippen LogP contribution in [0, 0.1) is 0 Å². The van der Waals surface area contributed by atoms with E-state index in [1.165, 1.54) is 53.2 Å². The zero-order chi connectivity index (χ0) is 41.4. The molecule has 0 saturated carbocycles. The Bertz CT molecular complexity index is 3910. The lowest BCUT2D eigenvalue weighted by molar-refractivity contribution is 0.669. The number of benzene rings is 9. The predicted octanol–water partition coefficient (Wildman–Crippen LogP) is 15.6. The number of para-hydroxylation sites is 1. The van der Waals surface area contributed by atoms with Crippen LogP contribution >= 0.6 is 11.3 Å². The van der Waals surface area contributed by atoms with Gasteiger partial charge in [0.1, 0.15) is 11.2 Å². The van der Waals surface area contributed by atoms with Crippen molar-refractivity contribution in [1.82, 2.24) is 19.5 Å². The highest BCUT2D eigenvalue weighted by atomic mass is 32.1. The van der Waals surface area contributed by atoms with Gasteiger partial charge in [-0.1, -0.05) is 146 Å². The Balaban J connectivity index is 0.920. The number of hydrogen-bond acceptors (Lipinski definition) is 5. The van der Waals surface area contributed by atoms with E-state index in [4.69, 9.17) is 19.4 Å². The number of thiophene rings is 1. The molecule has 0 amide bonds. The quantitative estimate of drug-likeness (QED) is 0.168. The normalized spacial score (nSPS) is 11.8. The fourth-order valence-electron chi connectivity index (χ4n) is 9.28. The molecule has 4 aromatic heterocycles. The zero-order valence-corrected chi connectivity index (χ0v) is 34.6. The summed E-state index contributed by atoms with van der Waals surface area (Å²) >= 11 is 1.80. The minimum absolute atomic E-state index is 0.588. The molecule has 0 aliphatic heterocycles. The first-order chi connectivity index (χ1) is 31.2. The van der Waals surface area contributed by atoms with Crippen LogP contribution in [0.4, 0.5) is 0 Å². The Morgan fingerprint density at radius 3 is 1.76 bits per heavy atom. The highest BCUT2D eigenvalue weighted by Gasteiger charge is 2.19. The van der Waals surface area contributed by atoms with Gasteiger partial charge in [-0.2, -0.15) is 0 Å². The third-order valence-electron chi connectivity index (χ3n) is 12.3. The van der Waals surface area contributed by atoms with Crippen molar-refractivity contribution in [2.75, 3.05) is 0 Å². The van der Waals surface area contributed by atoms with Crippen molar-refractivity contribution in [3.8, 4) is 62.1 Å². The highest BCUT2D eigenvalue weighted by Crippen LogP contribution is 2.42. The Morgan fingerprint density at radius 1 is 0.349 bits per heavy atom. The van der Waals surface area contributed by atoms with Gasteiger partial charge in [-0.3, -0.25) is 0 Å². The number of aromatic nitrogens is 4. The van der Waals surface area contributed by atoms with E-state index in [0.717, 1.165) is 55.3 Å². The summed E-state index contributed by atoms with van der Waals surface area (Å²) in [7, 11) is 0. The van der Waals surface area contributed by atoms with Gasteiger partial charge >= 0.3 is 0 Å². The third kappa shape index (κ3) is 5.87. The fraction of sp³-hybridized carbons (Fsp3) is 0. The monoisotopic (exact) mass is 822 g/mol. The second-order valence-corrected chi connectivity index (χ2v) is 17.1.